The zero-order valence-electron chi connectivity index (χ0n) is 12.2. The number of imidazole rings is 1. The van der Waals surface area contributed by atoms with E-state index in [-0.39, 0.29) is 0 Å². The molecule has 1 aliphatic heterocycles. The molecule has 1 unspecified atom stereocenters. The Balaban J connectivity index is 1.62. The van der Waals surface area contributed by atoms with Crippen LogP contribution in [0.4, 0.5) is 0 Å². The Kier molecular flexibility index (Phi) is 3.03. The lowest BCUT2D eigenvalue weighted by Crippen LogP contribution is -2.30. The minimum Gasteiger partial charge on any atom is -0.331 e. The van der Waals surface area contributed by atoms with E-state index >= 15 is 0 Å². The molecule has 2 aliphatic rings. The van der Waals surface area contributed by atoms with Gasteiger partial charge in [-0.2, -0.15) is 0 Å². The third-order valence-corrected chi connectivity index (χ3v) is 4.85. The molecular formula is C17H23N3. The standard InChI is InChI=1S/C17H23N3/c1-20-16-10-12(9-13-3-2-8-18-11-13)4-7-15(16)19-17(20)14-5-6-14/h4,7,10,13-14,18H,2-3,5-6,8-9,11H2,1H3. The summed E-state index contributed by atoms with van der Waals surface area (Å²) < 4.78 is 2.32. The van der Waals surface area contributed by atoms with E-state index in [1.165, 1.54) is 67.6 Å². The van der Waals surface area contributed by atoms with Gasteiger partial charge in [-0.3, -0.25) is 0 Å². The minimum absolute atomic E-state index is 0.721. The Hall–Kier alpha value is -1.35. The van der Waals surface area contributed by atoms with Crippen molar-refractivity contribution in [1.29, 1.82) is 0 Å². The molecule has 1 aliphatic carbocycles. The molecule has 1 aromatic heterocycles. The number of hydrogen-bond acceptors (Lipinski definition) is 2. The van der Waals surface area contributed by atoms with E-state index in [4.69, 9.17) is 4.98 Å². The molecule has 1 aromatic carbocycles. The number of rotatable bonds is 3. The highest BCUT2D eigenvalue weighted by atomic mass is 15.1. The van der Waals surface area contributed by atoms with Gasteiger partial charge in [-0.1, -0.05) is 6.07 Å². The van der Waals surface area contributed by atoms with Crippen LogP contribution in [0.25, 0.3) is 11.0 Å². The number of piperidine rings is 1. The summed E-state index contributed by atoms with van der Waals surface area (Å²) in [4.78, 5) is 4.81. The number of aromatic nitrogens is 2. The summed E-state index contributed by atoms with van der Waals surface area (Å²) >= 11 is 0. The fraction of sp³-hybridized carbons (Fsp3) is 0.588. The van der Waals surface area contributed by atoms with Gasteiger partial charge >= 0.3 is 0 Å². The molecule has 20 heavy (non-hydrogen) atoms. The fourth-order valence-corrected chi connectivity index (χ4v) is 3.52. The highest BCUT2D eigenvalue weighted by Gasteiger charge is 2.28. The highest BCUT2D eigenvalue weighted by molar-refractivity contribution is 5.77. The smallest absolute Gasteiger partial charge is 0.112 e. The van der Waals surface area contributed by atoms with E-state index in [1.807, 2.05) is 0 Å². The molecule has 0 bridgehead atoms. The lowest BCUT2D eigenvalue weighted by Gasteiger charge is -2.22. The first-order valence-electron chi connectivity index (χ1n) is 7.97. The number of hydrogen-bond donors (Lipinski definition) is 1. The van der Waals surface area contributed by atoms with E-state index < -0.39 is 0 Å². The van der Waals surface area contributed by atoms with E-state index in [9.17, 15) is 0 Å². The monoisotopic (exact) mass is 269 g/mol. The Morgan fingerprint density at radius 3 is 2.95 bits per heavy atom. The second-order valence-electron chi connectivity index (χ2n) is 6.54. The molecule has 0 spiro atoms. The van der Waals surface area contributed by atoms with Crippen LogP contribution in [0.1, 0.15) is 43.0 Å². The van der Waals surface area contributed by atoms with E-state index in [0.29, 0.717) is 0 Å². The first kappa shape index (κ1) is 12.4. The van der Waals surface area contributed by atoms with Crippen molar-refractivity contribution in [2.24, 2.45) is 13.0 Å². The van der Waals surface area contributed by atoms with Gasteiger partial charge in [0.05, 0.1) is 11.0 Å². The van der Waals surface area contributed by atoms with Crippen molar-refractivity contribution in [3.63, 3.8) is 0 Å². The molecule has 0 radical (unpaired) electrons. The van der Waals surface area contributed by atoms with Gasteiger partial charge in [0, 0.05) is 13.0 Å². The lowest BCUT2D eigenvalue weighted by atomic mass is 9.92. The van der Waals surface area contributed by atoms with Crippen LogP contribution in [0.2, 0.25) is 0 Å². The summed E-state index contributed by atoms with van der Waals surface area (Å²) in [5.74, 6) is 2.81. The first-order valence-corrected chi connectivity index (χ1v) is 7.97. The third-order valence-electron chi connectivity index (χ3n) is 4.85. The largest absolute Gasteiger partial charge is 0.331 e. The Morgan fingerprint density at radius 2 is 2.20 bits per heavy atom. The zero-order chi connectivity index (χ0) is 13.5. The third kappa shape index (κ3) is 2.24. The maximum Gasteiger partial charge on any atom is 0.112 e. The van der Waals surface area contributed by atoms with Gasteiger partial charge in [0.2, 0.25) is 0 Å². The van der Waals surface area contributed by atoms with Crippen LogP contribution in [-0.2, 0) is 13.5 Å². The van der Waals surface area contributed by atoms with E-state index in [2.05, 4.69) is 35.1 Å². The SMILES string of the molecule is Cn1c(C2CC2)nc2ccc(CC3CCCNC3)cc21. The van der Waals surface area contributed by atoms with E-state index in [1.54, 1.807) is 0 Å². The maximum absolute atomic E-state index is 4.81. The molecule has 2 aromatic rings. The van der Waals surface area contributed by atoms with Gasteiger partial charge in [-0.15, -0.1) is 0 Å². The molecular weight excluding hydrogens is 246 g/mol. The Bertz CT molecular complexity index is 618. The van der Waals surface area contributed by atoms with Crippen LogP contribution in [0, 0.1) is 5.92 Å². The fourth-order valence-electron chi connectivity index (χ4n) is 3.52. The maximum atomic E-state index is 4.81. The van der Waals surface area contributed by atoms with Crippen LogP contribution in [0.3, 0.4) is 0 Å². The number of fused-ring (bicyclic) bond motifs is 1. The molecule has 106 valence electrons. The average molecular weight is 269 g/mol. The van der Waals surface area contributed by atoms with Crippen molar-refractivity contribution in [2.45, 2.75) is 38.0 Å². The van der Waals surface area contributed by atoms with Crippen molar-refractivity contribution < 1.29 is 0 Å². The van der Waals surface area contributed by atoms with Crippen LogP contribution >= 0.6 is 0 Å². The molecule has 1 saturated carbocycles. The molecule has 3 heteroatoms. The summed E-state index contributed by atoms with van der Waals surface area (Å²) in [7, 11) is 2.18. The van der Waals surface area contributed by atoms with Gasteiger partial charge in [0.1, 0.15) is 5.82 Å². The van der Waals surface area contributed by atoms with E-state index in [0.717, 1.165) is 11.8 Å². The highest BCUT2D eigenvalue weighted by Crippen LogP contribution is 2.40. The van der Waals surface area contributed by atoms with Crippen molar-refractivity contribution in [3.8, 4) is 0 Å². The van der Waals surface area contributed by atoms with Gasteiger partial charge in [-0.25, -0.2) is 4.98 Å². The molecule has 1 N–H and O–H groups in total. The van der Waals surface area contributed by atoms with Crippen molar-refractivity contribution >= 4 is 11.0 Å². The van der Waals surface area contributed by atoms with Gasteiger partial charge in [0.15, 0.2) is 0 Å². The lowest BCUT2D eigenvalue weighted by molar-refractivity contribution is 0.376. The van der Waals surface area contributed by atoms with Crippen LogP contribution in [0.5, 0.6) is 0 Å². The van der Waals surface area contributed by atoms with Gasteiger partial charge in [0.25, 0.3) is 0 Å². The average Bonchev–Trinajstić information content (AvgIpc) is 3.26. The van der Waals surface area contributed by atoms with Crippen LogP contribution in [-0.4, -0.2) is 22.6 Å². The van der Waals surface area contributed by atoms with Gasteiger partial charge < -0.3 is 9.88 Å². The summed E-state index contributed by atoms with van der Waals surface area (Å²) in [6, 6.07) is 6.86. The number of aryl methyl sites for hydroxylation is 1. The number of nitrogens with one attached hydrogen (secondary N) is 1. The summed E-state index contributed by atoms with van der Waals surface area (Å²) in [5.41, 5.74) is 3.95. The minimum atomic E-state index is 0.721. The topological polar surface area (TPSA) is 29.9 Å². The van der Waals surface area contributed by atoms with Crippen molar-refractivity contribution in [3.05, 3.63) is 29.6 Å². The normalized spacial score (nSPS) is 23.4. The number of nitrogens with zero attached hydrogens (tertiary/aromatic N) is 2. The zero-order valence-corrected chi connectivity index (χ0v) is 12.2. The van der Waals surface area contributed by atoms with Crippen molar-refractivity contribution in [2.75, 3.05) is 13.1 Å². The second kappa shape index (κ2) is 4.88. The summed E-state index contributed by atoms with van der Waals surface area (Å²) in [6.07, 6.45) is 6.52. The molecule has 1 saturated heterocycles. The summed E-state index contributed by atoms with van der Waals surface area (Å²) in [6.45, 7) is 2.37. The van der Waals surface area contributed by atoms with Crippen LogP contribution in [0.15, 0.2) is 18.2 Å². The van der Waals surface area contributed by atoms with Crippen LogP contribution < -0.4 is 5.32 Å². The molecule has 0 amide bonds. The molecule has 4 rings (SSSR count). The predicted molar refractivity (Wildman–Crippen MR) is 82.0 cm³/mol. The molecule has 1 atom stereocenters. The van der Waals surface area contributed by atoms with Crippen molar-refractivity contribution in [1.82, 2.24) is 14.9 Å². The first-order chi connectivity index (χ1) is 9.81. The van der Waals surface area contributed by atoms with Gasteiger partial charge in [-0.05, 0) is 68.8 Å². The Morgan fingerprint density at radius 1 is 1.30 bits per heavy atom. The molecule has 2 fully saturated rings. The Labute approximate surface area is 120 Å². The molecule has 2 heterocycles. The molecule has 3 nitrogen and oxygen atoms in total. The quantitative estimate of drug-likeness (QED) is 0.928. The second-order valence-corrected chi connectivity index (χ2v) is 6.54. The number of benzene rings is 1. The summed E-state index contributed by atoms with van der Waals surface area (Å²) in [5, 5.41) is 3.51. The predicted octanol–water partition coefficient (Wildman–Crippen LogP) is 2.99.